The van der Waals surface area contributed by atoms with Crippen LogP contribution in [0.15, 0.2) is 61.2 Å². The van der Waals surface area contributed by atoms with E-state index in [1.807, 2.05) is 36.4 Å². The minimum atomic E-state index is -0.630. The summed E-state index contributed by atoms with van der Waals surface area (Å²) in [5.74, 6) is -1.27. The molecule has 11 heteroatoms. The number of benzene rings is 2. The zero-order chi connectivity index (χ0) is 28.2. The first-order chi connectivity index (χ1) is 19.4. The Morgan fingerprint density at radius 1 is 0.950 bits per heavy atom. The zero-order valence-corrected chi connectivity index (χ0v) is 22.3. The third kappa shape index (κ3) is 5.55. The molecule has 1 aliphatic heterocycles. The highest BCUT2D eigenvalue weighted by atomic mass is 16.6. The van der Waals surface area contributed by atoms with E-state index in [1.54, 1.807) is 30.0 Å². The molecule has 2 aromatic carbocycles. The van der Waals surface area contributed by atoms with Crippen LogP contribution in [0.4, 0.5) is 0 Å². The molecule has 0 spiro atoms. The molecule has 1 fully saturated rings. The Labute approximate surface area is 230 Å². The third-order valence-corrected chi connectivity index (χ3v) is 6.51. The number of aromatic nitrogens is 4. The van der Waals surface area contributed by atoms with Gasteiger partial charge in [-0.3, -0.25) is 14.2 Å². The van der Waals surface area contributed by atoms with E-state index < -0.39 is 30.4 Å². The van der Waals surface area contributed by atoms with Gasteiger partial charge in [0, 0.05) is 25.8 Å². The van der Waals surface area contributed by atoms with Crippen LogP contribution in [0.3, 0.4) is 0 Å². The Hall–Kier alpha value is -4.64. The molecule has 0 N–H and O–H groups in total. The second kappa shape index (κ2) is 11.6. The number of rotatable bonds is 8. The minimum absolute atomic E-state index is 0.0427. The third-order valence-electron chi connectivity index (χ3n) is 6.51. The van der Waals surface area contributed by atoms with Crippen LogP contribution in [0.2, 0.25) is 0 Å². The van der Waals surface area contributed by atoms with Crippen molar-refractivity contribution in [3.63, 3.8) is 0 Å². The predicted octanol–water partition coefficient (Wildman–Crippen LogP) is 4.12. The van der Waals surface area contributed by atoms with Crippen LogP contribution in [-0.2, 0) is 28.5 Å². The van der Waals surface area contributed by atoms with Gasteiger partial charge in [-0.25, -0.2) is 19.7 Å². The van der Waals surface area contributed by atoms with E-state index in [0.717, 1.165) is 16.7 Å². The Kier molecular flexibility index (Phi) is 7.83. The average Bonchev–Trinajstić information content (AvgIpc) is 3.55. The lowest BCUT2D eigenvalue weighted by atomic mass is 9.96. The molecule has 0 aliphatic carbocycles. The molecule has 0 radical (unpaired) electrons. The van der Waals surface area contributed by atoms with Gasteiger partial charge in [0.05, 0.1) is 18.5 Å². The minimum Gasteiger partial charge on any atom is -0.463 e. The largest absolute Gasteiger partial charge is 0.463 e. The van der Waals surface area contributed by atoms with Crippen molar-refractivity contribution in [2.45, 2.75) is 45.6 Å². The molecule has 40 heavy (non-hydrogen) atoms. The Morgan fingerprint density at radius 2 is 1.70 bits per heavy atom. The van der Waals surface area contributed by atoms with Crippen LogP contribution in [0, 0.1) is 0 Å². The van der Waals surface area contributed by atoms with E-state index in [9.17, 15) is 14.4 Å². The summed E-state index contributed by atoms with van der Waals surface area (Å²) in [6.45, 7) is 4.67. The summed E-state index contributed by atoms with van der Waals surface area (Å²) >= 11 is 0. The SMILES string of the molecule is CCOC(=O)c1ccc(-c2ccccc2-c2ncnc3c2ncn3[C@H]2C[C@H](OC(C)=O)[C@@H](COC(C)=O)O2)cc1. The molecule has 11 nitrogen and oxygen atoms in total. The highest BCUT2D eigenvalue weighted by molar-refractivity contribution is 5.94. The molecule has 5 rings (SSSR count). The molecule has 2 aromatic heterocycles. The summed E-state index contributed by atoms with van der Waals surface area (Å²) in [5.41, 5.74) is 4.84. The van der Waals surface area contributed by atoms with E-state index in [4.69, 9.17) is 18.9 Å². The lowest BCUT2D eigenvalue weighted by Gasteiger charge is -2.17. The fraction of sp³-hybridized carbons (Fsp3) is 0.310. The lowest BCUT2D eigenvalue weighted by molar-refractivity contribution is -0.155. The maximum atomic E-state index is 12.1. The lowest BCUT2D eigenvalue weighted by Crippen LogP contribution is -2.31. The van der Waals surface area contributed by atoms with Crippen molar-refractivity contribution >= 4 is 29.1 Å². The van der Waals surface area contributed by atoms with Gasteiger partial charge in [-0.05, 0) is 30.2 Å². The van der Waals surface area contributed by atoms with Crippen LogP contribution in [0.5, 0.6) is 0 Å². The Balaban J connectivity index is 1.48. The van der Waals surface area contributed by atoms with Gasteiger partial charge in [-0.15, -0.1) is 0 Å². The summed E-state index contributed by atoms with van der Waals surface area (Å²) in [6.07, 6.45) is 1.63. The van der Waals surface area contributed by atoms with E-state index in [2.05, 4.69) is 15.0 Å². The molecule has 3 atom stereocenters. The number of esters is 3. The first-order valence-corrected chi connectivity index (χ1v) is 12.9. The number of carbonyl (C=O) groups is 3. The molecule has 206 valence electrons. The fourth-order valence-corrected chi connectivity index (χ4v) is 4.76. The second-order valence-corrected chi connectivity index (χ2v) is 9.21. The fourth-order valence-electron chi connectivity index (χ4n) is 4.76. The zero-order valence-electron chi connectivity index (χ0n) is 22.3. The normalized spacial score (nSPS) is 18.4. The van der Waals surface area contributed by atoms with E-state index in [1.165, 1.54) is 20.2 Å². The predicted molar refractivity (Wildman–Crippen MR) is 143 cm³/mol. The molecule has 3 heterocycles. The van der Waals surface area contributed by atoms with Gasteiger partial charge in [-0.1, -0.05) is 36.4 Å². The Morgan fingerprint density at radius 3 is 2.40 bits per heavy atom. The molecule has 0 amide bonds. The molecule has 0 saturated carbocycles. The topological polar surface area (TPSA) is 132 Å². The summed E-state index contributed by atoms with van der Waals surface area (Å²) in [6, 6.07) is 15.0. The number of fused-ring (bicyclic) bond motifs is 1. The van der Waals surface area contributed by atoms with Crippen LogP contribution < -0.4 is 0 Å². The van der Waals surface area contributed by atoms with Crippen molar-refractivity contribution < 1.29 is 33.3 Å². The number of nitrogens with zero attached hydrogens (tertiary/aromatic N) is 4. The average molecular weight is 545 g/mol. The highest BCUT2D eigenvalue weighted by Gasteiger charge is 2.40. The van der Waals surface area contributed by atoms with Crippen molar-refractivity contribution in [1.29, 1.82) is 0 Å². The number of imidazole rings is 1. The maximum absolute atomic E-state index is 12.1. The molecule has 1 aliphatic rings. The molecule has 1 saturated heterocycles. The van der Waals surface area contributed by atoms with Crippen LogP contribution >= 0.6 is 0 Å². The monoisotopic (exact) mass is 544 g/mol. The summed E-state index contributed by atoms with van der Waals surface area (Å²) in [4.78, 5) is 48.8. The Bertz CT molecular complexity index is 1550. The van der Waals surface area contributed by atoms with Gasteiger partial charge in [-0.2, -0.15) is 0 Å². The smallest absolute Gasteiger partial charge is 0.338 e. The van der Waals surface area contributed by atoms with Crippen molar-refractivity contribution in [2.24, 2.45) is 0 Å². The van der Waals surface area contributed by atoms with Gasteiger partial charge >= 0.3 is 17.9 Å². The highest BCUT2D eigenvalue weighted by Crippen LogP contribution is 2.37. The van der Waals surface area contributed by atoms with E-state index >= 15 is 0 Å². The summed E-state index contributed by atoms with van der Waals surface area (Å²) in [5, 5.41) is 0. The maximum Gasteiger partial charge on any atom is 0.338 e. The van der Waals surface area contributed by atoms with Gasteiger partial charge in [0.1, 0.15) is 42.6 Å². The van der Waals surface area contributed by atoms with Crippen molar-refractivity contribution in [2.75, 3.05) is 13.2 Å². The first kappa shape index (κ1) is 26.9. The number of carbonyl (C=O) groups excluding carboxylic acids is 3. The van der Waals surface area contributed by atoms with Gasteiger partial charge in [0.25, 0.3) is 0 Å². The van der Waals surface area contributed by atoms with Gasteiger partial charge < -0.3 is 18.9 Å². The van der Waals surface area contributed by atoms with Gasteiger partial charge in [0.15, 0.2) is 5.65 Å². The summed E-state index contributed by atoms with van der Waals surface area (Å²) < 4.78 is 23.6. The molecular weight excluding hydrogens is 516 g/mol. The molecule has 0 unspecified atom stereocenters. The van der Waals surface area contributed by atoms with E-state index in [-0.39, 0.29) is 12.6 Å². The number of ether oxygens (including phenoxy) is 4. The van der Waals surface area contributed by atoms with Crippen LogP contribution in [-0.4, -0.2) is 62.8 Å². The second-order valence-electron chi connectivity index (χ2n) is 9.21. The van der Waals surface area contributed by atoms with Gasteiger partial charge in [0.2, 0.25) is 0 Å². The van der Waals surface area contributed by atoms with Crippen LogP contribution in [0.1, 0.15) is 43.8 Å². The van der Waals surface area contributed by atoms with Crippen molar-refractivity contribution in [1.82, 2.24) is 19.5 Å². The van der Waals surface area contributed by atoms with Crippen molar-refractivity contribution in [3.05, 3.63) is 66.7 Å². The van der Waals surface area contributed by atoms with E-state index in [0.29, 0.717) is 35.4 Å². The summed E-state index contributed by atoms with van der Waals surface area (Å²) in [7, 11) is 0. The quantitative estimate of drug-likeness (QED) is 0.236. The first-order valence-electron chi connectivity index (χ1n) is 12.9. The molecular formula is C29H28N4O7. The van der Waals surface area contributed by atoms with Crippen molar-refractivity contribution in [3.8, 4) is 22.4 Å². The molecule has 4 aromatic rings. The number of hydrogen-bond donors (Lipinski definition) is 0. The standard InChI is InChI=1S/C29H28N4O7/c1-4-37-29(36)20-11-9-19(10-12-20)21-7-5-6-8-22(21)26-27-28(31-15-30-26)33(16-32-27)25-13-23(39-18(3)35)24(40-25)14-38-17(2)34/h5-12,15-16,23-25H,4,13-14H2,1-3H3/t23-,24+,25+/m0/s1. The van der Waals surface area contributed by atoms with Crippen LogP contribution in [0.25, 0.3) is 33.5 Å². The molecule has 0 bridgehead atoms. The number of hydrogen-bond acceptors (Lipinski definition) is 10.